The highest BCUT2D eigenvalue weighted by atomic mass is 16.5. The summed E-state index contributed by atoms with van der Waals surface area (Å²) in [5, 5.41) is 2.73. The van der Waals surface area contributed by atoms with E-state index in [0.29, 0.717) is 19.6 Å². The smallest absolute Gasteiger partial charge is 0.245 e. The van der Waals surface area contributed by atoms with Crippen LogP contribution in [0.25, 0.3) is 0 Å². The van der Waals surface area contributed by atoms with Crippen molar-refractivity contribution in [2.24, 2.45) is 0 Å². The highest BCUT2D eigenvalue weighted by Crippen LogP contribution is 2.08. The first-order chi connectivity index (χ1) is 7.69. The van der Waals surface area contributed by atoms with Gasteiger partial charge in [-0.05, 0) is 12.8 Å². The summed E-state index contributed by atoms with van der Waals surface area (Å²) in [6.07, 6.45) is 2.38. The van der Waals surface area contributed by atoms with Gasteiger partial charge in [0.2, 0.25) is 11.8 Å². The fourth-order valence-corrected chi connectivity index (χ4v) is 1.85. The molecule has 1 atom stereocenters. The molecule has 1 saturated heterocycles. The summed E-state index contributed by atoms with van der Waals surface area (Å²) in [6.45, 7) is 3.40. The number of piperazine rings is 1. The van der Waals surface area contributed by atoms with Gasteiger partial charge in [0.25, 0.3) is 0 Å². The minimum Gasteiger partial charge on any atom is -0.385 e. The third-order valence-corrected chi connectivity index (χ3v) is 2.63. The number of rotatable bonds is 6. The van der Waals surface area contributed by atoms with Gasteiger partial charge in [0.05, 0.1) is 6.54 Å². The number of carbonyl (C=O) groups is 2. The molecule has 5 heteroatoms. The zero-order valence-corrected chi connectivity index (χ0v) is 9.99. The third-order valence-electron chi connectivity index (χ3n) is 2.63. The summed E-state index contributed by atoms with van der Waals surface area (Å²) in [6, 6.07) is -0.325. The van der Waals surface area contributed by atoms with Crippen LogP contribution in [0.4, 0.5) is 0 Å². The Hall–Kier alpha value is -1.10. The van der Waals surface area contributed by atoms with Crippen LogP contribution >= 0.6 is 0 Å². The molecule has 1 aliphatic rings. The lowest BCUT2D eigenvalue weighted by Crippen LogP contribution is -2.58. The predicted octanol–water partition coefficient (Wildman–Crippen LogP) is 0.150. The second-order valence-electron chi connectivity index (χ2n) is 4.01. The van der Waals surface area contributed by atoms with Gasteiger partial charge < -0.3 is 15.0 Å². The Morgan fingerprint density at radius 3 is 2.88 bits per heavy atom. The molecule has 2 amide bonds. The summed E-state index contributed by atoms with van der Waals surface area (Å²) >= 11 is 0. The molecule has 0 aromatic carbocycles. The fraction of sp³-hybridized carbons (Fsp3) is 0.818. The molecule has 1 heterocycles. The van der Waals surface area contributed by atoms with Gasteiger partial charge in [-0.1, -0.05) is 13.3 Å². The van der Waals surface area contributed by atoms with Crippen LogP contribution in [0.15, 0.2) is 0 Å². The van der Waals surface area contributed by atoms with E-state index in [1.54, 1.807) is 12.0 Å². The Bertz CT molecular complexity index is 256. The molecule has 0 spiro atoms. The second-order valence-corrected chi connectivity index (χ2v) is 4.01. The summed E-state index contributed by atoms with van der Waals surface area (Å²) in [7, 11) is 1.63. The summed E-state index contributed by atoms with van der Waals surface area (Å²) in [5.41, 5.74) is 0. The fourth-order valence-electron chi connectivity index (χ4n) is 1.85. The minimum absolute atomic E-state index is 0.0394. The first-order valence-electron chi connectivity index (χ1n) is 5.76. The van der Waals surface area contributed by atoms with Gasteiger partial charge in [-0.15, -0.1) is 0 Å². The van der Waals surface area contributed by atoms with E-state index in [9.17, 15) is 9.59 Å². The molecular formula is C11H20N2O3. The van der Waals surface area contributed by atoms with Gasteiger partial charge in [0.15, 0.2) is 0 Å². The van der Waals surface area contributed by atoms with Crippen LogP contribution in [0.1, 0.15) is 26.2 Å². The van der Waals surface area contributed by atoms with Crippen molar-refractivity contribution in [2.75, 3.05) is 26.8 Å². The quantitative estimate of drug-likeness (QED) is 0.658. The highest BCUT2D eigenvalue weighted by molar-refractivity contribution is 5.94. The zero-order chi connectivity index (χ0) is 12.0. The van der Waals surface area contributed by atoms with Crippen LogP contribution < -0.4 is 5.32 Å². The number of hydrogen-bond acceptors (Lipinski definition) is 3. The van der Waals surface area contributed by atoms with E-state index in [-0.39, 0.29) is 24.4 Å². The first-order valence-corrected chi connectivity index (χ1v) is 5.76. The summed E-state index contributed by atoms with van der Waals surface area (Å²) in [4.78, 5) is 24.9. The normalized spacial score (nSPS) is 21.1. The maximum Gasteiger partial charge on any atom is 0.245 e. The number of hydrogen-bond donors (Lipinski definition) is 1. The van der Waals surface area contributed by atoms with Crippen molar-refractivity contribution >= 4 is 11.8 Å². The van der Waals surface area contributed by atoms with Crippen molar-refractivity contribution in [3.8, 4) is 0 Å². The molecule has 5 nitrogen and oxygen atoms in total. The SMILES string of the molecule is CCCC1NC(=O)CN(CCCOC)C1=O. The predicted molar refractivity (Wildman–Crippen MR) is 59.9 cm³/mol. The highest BCUT2D eigenvalue weighted by Gasteiger charge is 2.31. The summed E-state index contributed by atoms with van der Waals surface area (Å²) < 4.78 is 4.93. The molecular weight excluding hydrogens is 208 g/mol. The Balaban J connectivity index is 2.48. The molecule has 1 fully saturated rings. The van der Waals surface area contributed by atoms with Gasteiger partial charge in [-0.2, -0.15) is 0 Å². The first kappa shape index (κ1) is 13.0. The van der Waals surface area contributed by atoms with Crippen molar-refractivity contribution < 1.29 is 14.3 Å². The van der Waals surface area contributed by atoms with Crippen LogP contribution in [-0.4, -0.2) is 49.6 Å². The zero-order valence-electron chi connectivity index (χ0n) is 9.99. The van der Waals surface area contributed by atoms with Crippen LogP contribution in [0.3, 0.4) is 0 Å². The van der Waals surface area contributed by atoms with E-state index >= 15 is 0 Å². The molecule has 0 aromatic rings. The van der Waals surface area contributed by atoms with Crippen LogP contribution in [0, 0.1) is 0 Å². The molecule has 0 aliphatic carbocycles. The molecule has 16 heavy (non-hydrogen) atoms. The summed E-state index contributed by atoms with van der Waals surface area (Å²) in [5.74, 6) is -0.0204. The van der Waals surface area contributed by atoms with Gasteiger partial charge in [-0.25, -0.2) is 0 Å². The van der Waals surface area contributed by atoms with Crippen molar-refractivity contribution in [1.82, 2.24) is 10.2 Å². The van der Waals surface area contributed by atoms with E-state index in [0.717, 1.165) is 12.8 Å². The topological polar surface area (TPSA) is 58.6 Å². The molecule has 1 N–H and O–H groups in total. The number of methoxy groups -OCH3 is 1. The van der Waals surface area contributed by atoms with Gasteiger partial charge in [0, 0.05) is 20.3 Å². The van der Waals surface area contributed by atoms with Gasteiger partial charge >= 0.3 is 0 Å². The maximum atomic E-state index is 11.9. The van der Waals surface area contributed by atoms with E-state index in [1.807, 2.05) is 6.92 Å². The van der Waals surface area contributed by atoms with E-state index in [1.165, 1.54) is 0 Å². The molecule has 0 radical (unpaired) electrons. The van der Waals surface area contributed by atoms with Crippen molar-refractivity contribution in [3.05, 3.63) is 0 Å². The maximum absolute atomic E-state index is 11.9. The van der Waals surface area contributed by atoms with Crippen LogP contribution in [-0.2, 0) is 14.3 Å². The number of nitrogens with one attached hydrogen (secondary N) is 1. The minimum atomic E-state index is -0.325. The van der Waals surface area contributed by atoms with E-state index in [4.69, 9.17) is 4.74 Å². The second kappa shape index (κ2) is 6.48. The average molecular weight is 228 g/mol. The van der Waals surface area contributed by atoms with Gasteiger partial charge in [-0.3, -0.25) is 9.59 Å². The molecule has 1 rings (SSSR count). The van der Waals surface area contributed by atoms with Crippen LogP contribution in [0.5, 0.6) is 0 Å². The van der Waals surface area contributed by atoms with E-state index in [2.05, 4.69) is 5.32 Å². The largest absolute Gasteiger partial charge is 0.385 e. The number of ether oxygens (including phenoxy) is 1. The monoisotopic (exact) mass is 228 g/mol. The molecule has 0 aromatic heterocycles. The number of amides is 2. The standard InChI is InChI=1S/C11H20N2O3/c1-3-5-9-11(15)13(6-4-7-16-2)8-10(14)12-9/h9H,3-8H2,1-2H3,(H,12,14). The molecule has 92 valence electrons. The Morgan fingerprint density at radius 1 is 1.50 bits per heavy atom. The van der Waals surface area contributed by atoms with Crippen molar-refractivity contribution in [2.45, 2.75) is 32.2 Å². The third kappa shape index (κ3) is 3.48. The average Bonchev–Trinajstić information content (AvgIpc) is 2.25. The molecule has 1 unspecified atom stereocenters. The number of carbonyl (C=O) groups excluding carboxylic acids is 2. The van der Waals surface area contributed by atoms with Gasteiger partial charge in [0.1, 0.15) is 6.04 Å². The lowest BCUT2D eigenvalue weighted by Gasteiger charge is -2.32. The lowest BCUT2D eigenvalue weighted by molar-refractivity contribution is -0.144. The van der Waals surface area contributed by atoms with Crippen molar-refractivity contribution in [3.63, 3.8) is 0 Å². The van der Waals surface area contributed by atoms with Crippen molar-refractivity contribution in [1.29, 1.82) is 0 Å². The molecule has 0 saturated carbocycles. The Labute approximate surface area is 96.1 Å². The van der Waals surface area contributed by atoms with E-state index < -0.39 is 0 Å². The van der Waals surface area contributed by atoms with Crippen LogP contribution in [0.2, 0.25) is 0 Å². The Kier molecular flexibility index (Phi) is 5.25. The Morgan fingerprint density at radius 2 is 2.25 bits per heavy atom. The lowest BCUT2D eigenvalue weighted by atomic mass is 10.1. The number of nitrogens with zero attached hydrogens (tertiary/aromatic N) is 1. The molecule has 0 bridgehead atoms. The molecule has 1 aliphatic heterocycles.